The summed E-state index contributed by atoms with van der Waals surface area (Å²) in [5, 5.41) is 9.49. The van der Waals surface area contributed by atoms with Gasteiger partial charge in [-0.2, -0.15) is 0 Å². The van der Waals surface area contributed by atoms with Crippen molar-refractivity contribution in [2.24, 2.45) is 0 Å². The summed E-state index contributed by atoms with van der Waals surface area (Å²) in [6.45, 7) is 0.111. The molecular weight excluding hydrogens is 413 g/mol. The number of fused-ring (bicyclic) bond motifs is 1. The maximum absolute atomic E-state index is 12.1. The molecule has 0 bridgehead atoms. The molecule has 23 heavy (non-hydrogen) atoms. The van der Waals surface area contributed by atoms with Crippen molar-refractivity contribution in [3.63, 3.8) is 0 Å². The quantitative estimate of drug-likeness (QED) is 0.621. The first-order valence-corrected chi connectivity index (χ1v) is 7.65. The molecule has 1 aromatic carbocycles. The highest BCUT2D eigenvalue weighted by molar-refractivity contribution is 14.1. The zero-order chi connectivity index (χ0) is 16.6. The van der Waals surface area contributed by atoms with E-state index in [-0.39, 0.29) is 17.8 Å². The van der Waals surface area contributed by atoms with Gasteiger partial charge in [-0.05, 0) is 52.4 Å². The van der Waals surface area contributed by atoms with E-state index in [4.69, 9.17) is 0 Å². The standard InChI is InChI=1S/C15H10IN3O4/c16-11-4-3-8(6-10(11)14(21)22)7-19-12-9(2-1-5-17-12)13(20)18-15(19)23/h1-6H,7H2,(H,21,22)(H,18,20,23). The molecule has 2 aromatic heterocycles. The van der Waals surface area contributed by atoms with Crippen molar-refractivity contribution in [3.05, 3.63) is 72.1 Å². The van der Waals surface area contributed by atoms with E-state index in [1.807, 2.05) is 22.6 Å². The number of H-pyrrole nitrogens is 1. The van der Waals surface area contributed by atoms with E-state index >= 15 is 0 Å². The smallest absolute Gasteiger partial charge is 0.336 e. The summed E-state index contributed by atoms with van der Waals surface area (Å²) in [7, 11) is 0. The van der Waals surface area contributed by atoms with Crippen LogP contribution in [0.1, 0.15) is 15.9 Å². The van der Waals surface area contributed by atoms with E-state index in [1.54, 1.807) is 24.3 Å². The van der Waals surface area contributed by atoms with Gasteiger partial charge in [0.25, 0.3) is 5.56 Å². The second kappa shape index (κ2) is 5.95. The number of carboxylic acid groups (broad SMARTS) is 1. The Labute approximate surface area is 142 Å². The maximum Gasteiger partial charge on any atom is 0.336 e. The average Bonchev–Trinajstić information content (AvgIpc) is 2.52. The van der Waals surface area contributed by atoms with E-state index in [2.05, 4.69) is 9.97 Å². The molecule has 0 aliphatic rings. The Morgan fingerprint density at radius 3 is 2.83 bits per heavy atom. The van der Waals surface area contributed by atoms with Crippen LogP contribution in [0.15, 0.2) is 46.1 Å². The largest absolute Gasteiger partial charge is 0.478 e. The van der Waals surface area contributed by atoms with Gasteiger partial charge in [0.1, 0.15) is 5.65 Å². The first-order valence-electron chi connectivity index (χ1n) is 6.57. The molecule has 8 heteroatoms. The molecule has 0 saturated heterocycles. The molecule has 0 aliphatic carbocycles. The van der Waals surface area contributed by atoms with E-state index in [0.29, 0.717) is 14.5 Å². The second-order valence-electron chi connectivity index (χ2n) is 4.84. The molecule has 0 aliphatic heterocycles. The van der Waals surface area contributed by atoms with Crippen LogP contribution in [0.25, 0.3) is 11.0 Å². The summed E-state index contributed by atoms with van der Waals surface area (Å²) < 4.78 is 1.92. The predicted octanol–water partition coefficient (Wildman–Crippen LogP) is 1.44. The van der Waals surface area contributed by atoms with Crippen LogP contribution in [0.5, 0.6) is 0 Å². The zero-order valence-electron chi connectivity index (χ0n) is 11.6. The lowest BCUT2D eigenvalue weighted by Gasteiger charge is -2.09. The molecule has 0 fully saturated rings. The van der Waals surface area contributed by atoms with Crippen molar-refractivity contribution >= 4 is 39.6 Å². The molecule has 2 N–H and O–H groups in total. The summed E-state index contributed by atoms with van der Waals surface area (Å²) in [4.78, 5) is 41.5. The fourth-order valence-corrected chi connectivity index (χ4v) is 2.85. The monoisotopic (exact) mass is 423 g/mol. The van der Waals surface area contributed by atoms with Gasteiger partial charge in [0.15, 0.2) is 0 Å². The van der Waals surface area contributed by atoms with Crippen molar-refractivity contribution in [3.8, 4) is 0 Å². The lowest BCUT2D eigenvalue weighted by atomic mass is 10.1. The number of carbonyl (C=O) groups is 1. The Hall–Kier alpha value is -2.49. The van der Waals surface area contributed by atoms with Crippen molar-refractivity contribution in [2.75, 3.05) is 0 Å². The fraction of sp³-hybridized carbons (Fsp3) is 0.0667. The number of carboxylic acids is 1. The van der Waals surface area contributed by atoms with Gasteiger partial charge in [-0.25, -0.2) is 14.6 Å². The number of aromatic carboxylic acids is 1. The summed E-state index contributed by atoms with van der Waals surface area (Å²) in [5.41, 5.74) is -0.0294. The Balaban J connectivity index is 2.16. The Morgan fingerprint density at radius 2 is 2.09 bits per heavy atom. The molecule has 0 spiro atoms. The van der Waals surface area contributed by atoms with Crippen LogP contribution in [0.4, 0.5) is 0 Å². The topological polar surface area (TPSA) is 105 Å². The maximum atomic E-state index is 12.1. The Morgan fingerprint density at radius 1 is 1.30 bits per heavy atom. The van der Waals surface area contributed by atoms with E-state index in [9.17, 15) is 19.5 Å². The minimum Gasteiger partial charge on any atom is -0.478 e. The third-order valence-corrected chi connectivity index (χ3v) is 4.30. The highest BCUT2D eigenvalue weighted by Crippen LogP contribution is 2.16. The third kappa shape index (κ3) is 2.89. The second-order valence-corrected chi connectivity index (χ2v) is 6.00. The van der Waals surface area contributed by atoms with E-state index in [1.165, 1.54) is 16.8 Å². The molecular formula is C15H10IN3O4. The van der Waals surface area contributed by atoms with Crippen LogP contribution in [0.3, 0.4) is 0 Å². The molecule has 116 valence electrons. The van der Waals surface area contributed by atoms with Crippen molar-refractivity contribution < 1.29 is 9.90 Å². The van der Waals surface area contributed by atoms with Crippen LogP contribution in [-0.4, -0.2) is 25.6 Å². The van der Waals surface area contributed by atoms with Crippen molar-refractivity contribution in [1.82, 2.24) is 14.5 Å². The summed E-state index contributed by atoms with van der Waals surface area (Å²) in [5.74, 6) is -1.03. The van der Waals surface area contributed by atoms with Gasteiger partial charge in [-0.3, -0.25) is 14.3 Å². The number of nitrogens with zero attached hydrogens (tertiary/aromatic N) is 2. The van der Waals surface area contributed by atoms with Gasteiger partial charge in [0, 0.05) is 9.77 Å². The number of rotatable bonds is 3. The molecule has 7 nitrogen and oxygen atoms in total. The zero-order valence-corrected chi connectivity index (χ0v) is 13.8. The molecule has 0 saturated carbocycles. The van der Waals surface area contributed by atoms with Crippen LogP contribution in [0, 0.1) is 3.57 Å². The minimum atomic E-state index is -1.03. The minimum absolute atomic E-state index is 0.111. The average molecular weight is 423 g/mol. The number of hydrogen-bond acceptors (Lipinski definition) is 4. The van der Waals surface area contributed by atoms with Gasteiger partial charge >= 0.3 is 11.7 Å². The van der Waals surface area contributed by atoms with Crippen LogP contribution >= 0.6 is 22.6 Å². The molecule has 0 amide bonds. The number of hydrogen-bond donors (Lipinski definition) is 2. The molecule has 3 aromatic rings. The number of nitrogens with one attached hydrogen (secondary N) is 1. The fourth-order valence-electron chi connectivity index (χ4n) is 2.28. The molecule has 0 unspecified atom stereocenters. The normalized spacial score (nSPS) is 10.8. The van der Waals surface area contributed by atoms with Gasteiger partial charge in [-0.15, -0.1) is 0 Å². The molecule has 0 atom stereocenters. The Kier molecular flexibility index (Phi) is 3.99. The van der Waals surface area contributed by atoms with Crippen LogP contribution in [-0.2, 0) is 6.54 Å². The third-order valence-electron chi connectivity index (χ3n) is 3.35. The van der Waals surface area contributed by atoms with Gasteiger partial charge in [0.2, 0.25) is 0 Å². The van der Waals surface area contributed by atoms with Gasteiger partial charge in [-0.1, -0.05) is 6.07 Å². The predicted molar refractivity (Wildman–Crippen MR) is 91.8 cm³/mol. The SMILES string of the molecule is O=C(O)c1cc(Cn2c(=O)[nH]c(=O)c3cccnc32)ccc1I. The van der Waals surface area contributed by atoms with Crippen LogP contribution in [0.2, 0.25) is 0 Å². The summed E-state index contributed by atoms with van der Waals surface area (Å²) in [6.07, 6.45) is 1.49. The molecule has 2 heterocycles. The number of pyridine rings is 1. The Bertz CT molecular complexity index is 1040. The lowest BCUT2D eigenvalue weighted by Crippen LogP contribution is -2.31. The number of aromatic amines is 1. The summed E-state index contributed by atoms with van der Waals surface area (Å²) >= 11 is 1.94. The highest BCUT2D eigenvalue weighted by Gasteiger charge is 2.12. The van der Waals surface area contributed by atoms with Crippen molar-refractivity contribution in [1.29, 1.82) is 0 Å². The molecule has 0 radical (unpaired) electrons. The lowest BCUT2D eigenvalue weighted by molar-refractivity contribution is 0.0695. The van der Waals surface area contributed by atoms with Crippen LogP contribution < -0.4 is 11.2 Å². The van der Waals surface area contributed by atoms with Gasteiger partial charge in [0.05, 0.1) is 17.5 Å². The first-order chi connectivity index (χ1) is 11.0. The number of benzene rings is 1. The number of aromatic nitrogens is 3. The molecule has 3 rings (SSSR count). The van der Waals surface area contributed by atoms with Gasteiger partial charge < -0.3 is 5.11 Å². The highest BCUT2D eigenvalue weighted by atomic mass is 127. The number of halogens is 1. The van der Waals surface area contributed by atoms with Crippen molar-refractivity contribution in [2.45, 2.75) is 6.54 Å². The summed E-state index contributed by atoms with van der Waals surface area (Å²) in [6, 6.07) is 8.11. The van der Waals surface area contributed by atoms with E-state index < -0.39 is 17.2 Å². The first kappa shape index (κ1) is 15.4. The van der Waals surface area contributed by atoms with E-state index in [0.717, 1.165) is 0 Å².